The molecule has 7 nitrogen and oxygen atoms in total. The molecule has 0 atom stereocenters. The van der Waals surface area contributed by atoms with Gasteiger partial charge in [-0.1, -0.05) is 36.4 Å². The van der Waals surface area contributed by atoms with Crippen LogP contribution < -0.4 is 11.3 Å². The molecular formula is C19H13FN2O5. The van der Waals surface area contributed by atoms with Crippen molar-refractivity contribution in [2.45, 2.75) is 0 Å². The summed E-state index contributed by atoms with van der Waals surface area (Å²) in [5, 5.41) is 19.1. The highest BCUT2D eigenvalue weighted by Gasteiger charge is 2.28. The Balaban J connectivity index is 2.48. The number of rotatable bonds is 4. The van der Waals surface area contributed by atoms with E-state index in [1.54, 1.807) is 24.3 Å². The zero-order chi connectivity index (χ0) is 19.7. The third kappa shape index (κ3) is 3.15. The summed E-state index contributed by atoms with van der Waals surface area (Å²) in [5.41, 5.74) is 3.85. The van der Waals surface area contributed by atoms with Gasteiger partial charge in [0.25, 0.3) is 5.56 Å². The Kier molecular flexibility index (Phi) is 4.47. The highest BCUT2D eigenvalue weighted by atomic mass is 19.1. The molecule has 0 saturated carbocycles. The first-order valence-electron chi connectivity index (χ1n) is 7.69. The number of aromatic nitrogens is 1. The van der Waals surface area contributed by atoms with Crippen LogP contribution in [0.4, 0.5) is 10.2 Å². The largest absolute Gasteiger partial charge is 0.478 e. The van der Waals surface area contributed by atoms with Crippen molar-refractivity contribution in [2.75, 3.05) is 5.73 Å². The fourth-order valence-electron chi connectivity index (χ4n) is 2.92. The second-order valence-corrected chi connectivity index (χ2v) is 5.66. The molecule has 0 fully saturated rings. The molecule has 0 radical (unpaired) electrons. The molecule has 0 amide bonds. The average Bonchev–Trinajstić information content (AvgIpc) is 2.60. The van der Waals surface area contributed by atoms with Gasteiger partial charge in [-0.15, -0.1) is 0 Å². The van der Waals surface area contributed by atoms with E-state index in [1.165, 1.54) is 24.3 Å². The lowest BCUT2D eigenvalue weighted by molar-refractivity contribution is 0.0695. The summed E-state index contributed by atoms with van der Waals surface area (Å²) in [6.45, 7) is 0. The van der Waals surface area contributed by atoms with Crippen molar-refractivity contribution in [1.29, 1.82) is 0 Å². The molecule has 1 heterocycles. The Bertz CT molecular complexity index is 1140. The lowest BCUT2D eigenvalue weighted by atomic mass is 9.89. The summed E-state index contributed by atoms with van der Waals surface area (Å²) in [7, 11) is 0. The van der Waals surface area contributed by atoms with Gasteiger partial charge >= 0.3 is 11.9 Å². The molecule has 27 heavy (non-hydrogen) atoms. The molecule has 136 valence electrons. The fraction of sp³-hybridized carbons (Fsp3) is 0. The van der Waals surface area contributed by atoms with Crippen molar-refractivity contribution in [3.05, 3.63) is 75.8 Å². The van der Waals surface area contributed by atoms with Crippen LogP contribution in [0.15, 0.2) is 53.3 Å². The topological polar surface area (TPSA) is 133 Å². The lowest BCUT2D eigenvalue weighted by Crippen LogP contribution is -2.24. The SMILES string of the molecule is Nc1[nH]c(=O)c(C(=O)O)c(-c2ccccc2-c2cccc(F)c2)c1C(=O)O. The van der Waals surface area contributed by atoms with E-state index in [2.05, 4.69) is 0 Å². The Labute approximate surface area is 151 Å². The van der Waals surface area contributed by atoms with Crippen molar-refractivity contribution < 1.29 is 24.2 Å². The van der Waals surface area contributed by atoms with E-state index in [0.29, 0.717) is 11.1 Å². The number of nitrogens with one attached hydrogen (secondary N) is 1. The van der Waals surface area contributed by atoms with Crippen molar-refractivity contribution >= 4 is 17.8 Å². The van der Waals surface area contributed by atoms with Crippen LogP contribution in [0.3, 0.4) is 0 Å². The number of H-pyrrole nitrogens is 1. The number of anilines is 1. The molecule has 1 aromatic heterocycles. The molecule has 8 heteroatoms. The Morgan fingerprint density at radius 2 is 1.56 bits per heavy atom. The third-order valence-corrected chi connectivity index (χ3v) is 4.00. The number of carbonyl (C=O) groups is 2. The number of nitrogen functional groups attached to an aromatic ring is 1. The second kappa shape index (κ2) is 6.75. The van der Waals surface area contributed by atoms with Crippen LogP contribution in [-0.4, -0.2) is 27.1 Å². The van der Waals surface area contributed by atoms with Crippen molar-refractivity contribution in [3.63, 3.8) is 0 Å². The Morgan fingerprint density at radius 3 is 2.15 bits per heavy atom. The molecule has 5 N–H and O–H groups in total. The zero-order valence-electron chi connectivity index (χ0n) is 13.7. The number of benzene rings is 2. The predicted octanol–water partition coefficient (Wildman–Crippen LogP) is 2.83. The van der Waals surface area contributed by atoms with Gasteiger partial charge in [0.2, 0.25) is 0 Å². The summed E-state index contributed by atoms with van der Waals surface area (Å²) in [5.74, 6) is -4.11. The maximum Gasteiger partial charge on any atom is 0.342 e. The second-order valence-electron chi connectivity index (χ2n) is 5.66. The van der Waals surface area contributed by atoms with Crippen LogP contribution in [0.2, 0.25) is 0 Å². The molecular weight excluding hydrogens is 355 g/mol. The van der Waals surface area contributed by atoms with Crippen LogP contribution in [0, 0.1) is 5.82 Å². The number of hydrogen-bond acceptors (Lipinski definition) is 4. The van der Waals surface area contributed by atoms with Crippen LogP contribution in [0.25, 0.3) is 22.3 Å². The maximum absolute atomic E-state index is 13.7. The first kappa shape index (κ1) is 17.9. The zero-order valence-corrected chi connectivity index (χ0v) is 13.7. The van der Waals surface area contributed by atoms with E-state index in [-0.39, 0.29) is 11.1 Å². The number of pyridine rings is 1. The molecule has 0 bridgehead atoms. The number of nitrogens with two attached hydrogens (primary N) is 1. The van der Waals surface area contributed by atoms with Gasteiger partial charge in [-0.25, -0.2) is 14.0 Å². The van der Waals surface area contributed by atoms with Crippen LogP contribution in [0.1, 0.15) is 20.7 Å². The molecule has 0 aliphatic carbocycles. The third-order valence-electron chi connectivity index (χ3n) is 4.00. The molecule has 0 saturated heterocycles. The van der Waals surface area contributed by atoms with E-state index in [1.807, 2.05) is 4.98 Å². The molecule has 0 unspecified atom stereocenters. The smallest absolute Gasteiger partial charge is 0.342 e. The summed E-state index contributed by atoms with van der Waals surface area (Å²) >= 11 is 0. The van der Waals surface area contributed by atoms with Gasteiger partial charge in [0.05, 0.1) is 0 Å². The Hall–Kier alpha value is -3.94. The van der Waals surface area contributed by atoms with Crippen molar-refractivity contribution in [1.82, 2.24) is 4.98 Å². The van der Waals surface area contributed by atoms with Gasteiger partial charge in [0.1, 0.15) is 22.8 Å². The predicted molar refractivity (Wildman–Crippen MR) is 96.2 cm³/mol. The minimum Gasteiger partial charge on any atom is -0.478 e. The number of aromatic amines is 1. The van der Waals surface area contributed by atoms with E-state index in [0.717, 1.165) is 0 Å². The van der Waals surface area contributed by atoms with E-state index in [4.69, 9.17) is 5.73 Å². The average molecular weight is 368 g/mol. The number of carboxylic acid groups (broad SMARTS) is 2. The van der Waals surface area contributed by atoms with Gasteiger partial charge in [0.15, 0.2) is 0 Å². The van der Waals surface area contributed by atoms with Gasteiger partial charge in [-0.3, -0.25) is 4.79 Å². The summed E-state index contributed by atoms with van der Waals surface area (Å²) in [6.07, 6.45) is 0. The van der Waals surface area contributed by atoms with E-state index in [9.17, 15) is 29.0 Å². The molecule has 2 aromatic carbocycles. The van der Waals surface area contributed by atoms with Gasteiger partial charge in [-0.05, 0) is 28.8 Å². The van der Waals surface area contributed by atoms with Gasteiger partial charge in [0, 0.05) is 5.56 Å². The summed E-state index contributed by atoms with van der Waals surface area (Å²) < 4.78 is 13.7. The minimum atomic E-state index is -1.61. The Morgan fingerprint density at radius 1 is 0.926 bits per heavy atom. The van der Waals surface area contributed by atoms with Crippen LogP contribution >= 0.6 is 0 Å². The van der Waals surface area contributed by atoms with Gasteiger partial charge < -0.3 is 20.9 Å². The summed E-state index contributed by atoms with van der Waals surface area (Å²) in [4.78, 5) is 37.7. The molecule has 3 aromatic rings. The molecule has 0 aliphatic rings. The number of hydrogen-bond donors (Lipinski definition) is 4. The van der Waals surface area contributed by atoms with Gasteiger partial charge in [-0.2, -0.15) is 0 Å². The number of aromatic carboxylic acids is 2. The van der Waals surface area contributed by atoms with Crippen LogP contribution in [-0.2, 0) is 0 Å². The van der Waals surface area contributed by atoms with E-state index < -0.39 is 40.3 Å². The summed E-state index contributed by atoms with van der Waals surface area (Å²) in [6, 6.07) is 11.7. The number of halogens is 1. The molecule has 0 aliphatic heterocycles. The van der Waals surface area contributed by atoms with E-state index >= 15 is 0 Å². The number of carboxylic acids is 2. The highest BCUT2D eigenvalue weighted by Crippen LogP contribution is 2.36. The lowest BCUT2D eigenvalue weighted by Gasteiger charge is -2.16. The molecule has 3 rings (SSSR count). The minimum absolute atomic E-state index is 0.135. The molecule has 0 spiro atoms. The normalized spacial score (nSPS) is 10.6. The first-order chi connectivity index (χ1) is 12.8. The van der Waals surface area contributed by atoms with Crippen molar-refractivity contribution in [2.24, 2.45) is 0 Å². The fourth-order valence-corrected chi connectivity index (χ4v) is 2.92. The maximum atomic E-state index is 13.7. The van der Waals surface area contributed by atoms with Crippen LogP contribution in [0.5, 0.6) is 0 Å². The monoisotopic (exact) mass is 368 g/mol. The quantitative estimate of drug-likeness (QED) is 0.559. The first-order valence-corrected chi connectivity index (χ1v) is 7.69. The highest BCUT2D eigenvalue weighted by molar-refractivity contribution is 6.09. The van der Waals surface area contributed by atoms with Crippen molar-refractivity contribution in [3.8, 4) is 22.3 Å². The standard InChI is InChI=1S/C19H13FN2O5/c20-10-5-3-4-9(8-10)11-6-1-2-7-12(11)13-14(18(24)25)16(21)22-17(23)15(13)19(26)27/h1-8H,(H,24,25)(H,26,27)(H3,21,22,23).